The minimum absolute atomic E-state index is 0.236. The van der Waals surface area contributed by atoms with Crippen LogP contribution in [0.4, 0.5) is 0 Å². The maximum Gasteiger partial charge on any atom is 0.223 e. The molecule has 0 aliphatic rings. The van der Waals surface area contributed by atoms with Crippen molar-refractivity contribution in [3.63, 3.8) is 0 Å². The summed E-state index contributed by atoms with van der Waals surface area (Å²) in [5.74, 6) is 0.477. The Kier molecular flexibility index (Phi) is 6.40. The smallest absolute Gasteiger partial charge is 0.223 e. The lowest BCUT2D eigenvalue weighted by molar-refractivity contribution is -0.134. The van der Waals surface area contributed by atoms with Gasteiger partial charge < -0.3 is 4.90 Å². The van der Waals surface area contributed by atoms with Crippen molar-refractivity contribution < 1.29 is 4.79 Å². The molecule has 2 aromatic rings. The lowest BCUT2D eigenvalue weighted by Gasteiger charge is -2.30. The Hall–Kier alpha value is -2.09. The van der Waals surface area contributed by atoms with E-state index >= 15 is 0 Å². The van der Waals surface area contributed by atoms with Crippen LogP contribution in [0.5, 0.6) is 0 Å². The van der Waals surface area contributed by atoms with Crippen molar-refractivity contribution in [3.05, 3.63) is 71.8 Å². The van der Waals surface area contributed by atoms with Gasteiger partial charge in [0.15, 0.2) is 0 Å². The molecule has 0 aliphatic heterocycles. The molecule has 2 nitrogen and oxygen atoms in total. The summed E-state index contributed by atoms with van der Waals surface area (Å²) >= 11 is 0. The topological polar surface area (TPSA) is 20.3 Å². The maximum atomic E-state index is 12.9. The predicted octanol–water partition coefficient (Wildman–Crippen LogP) is 5.01. The van der Waals surface area contributed by atoms with Gasteiger partial charge in [0.1, 0.15) is 0 Å². The summed E-state index contributed by atoms with van der Waals surface area (Å²) in [7, 11) is 0. The highest BCUT2D eigenvalue weighted by atomic mass is 16.2. The molecule has 23 heavy (non-hydrogen) atoms. The Morgan fingerprint density at radius 1 is 0.957 bits per heavy atom. The molecule has 0 aliphatic carbocycles. The highest BCUT2D eigenvalue weighted by Gasteiger charge is 2.21. The van der Waals surface area contributed by atoms with E-state index in [9.17, 15) is 4.79 Å². The van der Waals surface area contributed by atoms with E-state index in [1.807, 2.05) is 41.3 Å². The molecule has 2 aromatic carbocycles. The molecule has 0 heterocycles. The van der Waals surface area contributed by atoms with Gasteiger partial charge in [0.25, 0.3) is 0 Å². The molecule has 0 saturated heterocycles. The second-order valence-corrected chi connectivity index (χ2v) is 6.28. The van der Waals surface area contributed by atoms with Gasteiger partial charge >= 0.3 is 0 Å². The fourth-order valence-corrected chi connectivity index (χ4v) is 2.77. The molecule has 2 heteroatoms. The predicted molar refractivity (Wildman–Crippen MR) is 96.2 cm³/mol. The molecule has 2 rings (SSSR count). The molecule has 0 N–H and O–H groups in total. The summed E-state index contributed by atoms with van der Waals surface area (Å²) in [6.45, 7) is 7.09. The highest BCUT2D eigenvalue weighted by Crippen LogP contribution is 2.21. The molecular weight excluding hydrogens is 282 g/mol. The Morgan fingerprint density at radius 3 is 2.09 bits per heavy atom. The molecule has 0 fully saturated rings. The average molecular weight is 309 g/mol. The maximum absolute atomic E-state index is 12.9. The first kappa shape index (κ1) is 17.3. The molecule has 2 atom stereocenters. The van der Waals surface area contributed by atoms with Crippen LogP contribution in [0.2, 0.25) is 0 Å². The lowest BCUT2D eigenvalue weighted by Crippen LogP contribution is -2.38. The van der Waals surface area contributed by atoms with Crippen LogP contribution in [-0.2, 0) is 11.3 Å². The van der Waals surface area contributed by atoms with Gasteiger partial charge in [-0.15, -0.1) is 0 Å². The van der Waals surface area contributed by atoms with Crippen LogP contribution < -0.4 is 0 Å². The van der Waals surface area contributed by atoms with E-state index in [0.717, 1.165) is 6.42 Å². The first-order chi connectivity index (χ1) is 11.1. The summed E-state index contributed by atoms with van der Waals surface area (Å²) in [5, 5.41) is 0. The van der Waals surface area contributed by atoms with Crippen LogP contribution in [0.25, 0.3) is 0 Å². The third kappa shape index (κ3) is 4.95. The molecule has 2 unspecified atom stereocenters. The van der Waals surface area contributed by atoms with Crippen LogP contribution >= 0.6 is 0 Å². The third-order valence-corrected chi connectivity index (χ3v) is 4.49. The van der Waals surface area contributed by atoms with Gasteiger partial charge in [-0.05, 0) is 30.4 Å². The first-order valence-electron chi connectivity index (χ1n) is 8.50. The fraction of sp³-hybridized carbons (Fsp3) is 0.381. The zero-order valence-electron chi connectivity index (χ0n) is 14.4. The van der Waals surface area contributed by atoms with E-state index in [-0.39, 0.29) is 17.9 Å². The van der Waals surface area contributed by atoms with Crippen LogP contribution in [-0.4, -0.2) is 16.8 Å². The Labute approximate surface area is 140 Å². The monoisotopic (exact) mass is 309 g/mol. The SMILES string of the molecule is CCC(C)N(Cc1ccccc1)C(=O)CC(C)c1ccccc1. The summed E-state index contributed by atoms with van der Waals surface area (Å²) < 4.78 is 0. The highest BCUT2D eigenvalue weighted by molar-refractivity contribution is 5.77. The summed E-state index contributed by atoms with van der Waals surface area (Å²) in [6.07, 6.45) is 1.53. The van der Waals surface area contributed by atoms with Crippen molar-refractivity contribution in [2.45, 2.75) is 52.1 Å². The minimum Gasteiger partial charge on any atom is -0.336 e. The van der Waals surface area contributed by atoms with Crippen molar-refractivity contribution in [1.82, 2.24) is 4.90 Å². The lowest BCUT2D eigenvalue weighted by atomic mass is 9.96. The number of hydrogen-bond acceptors (Lipinski definition) is 1. The van der Waals surface area contributed by atoms with E-state index < -0.39 is 0 Å². The molecule has 0 aromatic heterocycles. The van der Waals surface area contributed by atoms with E-state index in [0.29, 0.717) is 13.0 Å². The molecular formula is C21H27NO. The minimum atomic E-state index is 0.236. The van der Waals surface area contributed by atoms with Gasteiger partial charge in [-0.25, -0.2) is 0 Å². The number of carbonyl (C=O) groups is 1. The quantitative estimate of drug-likeness (QED) is 0.704. The molecule has 122 valence electrons. The van der Waals surface area contributed by atoms with Gasteiger partial charge in [-0.2, -0.15) is 0 Å². The second-order valence-electron chi connectivity index (χ2n) is 6.28. The van der Waals surface area contributed by atoms with Crippen LogP contribution in [0.15, 0.2) is 60.7 Å². The van der Waals surface area contributed by atoms with Gasteiger partial charge in [0.2, 0.25) is 5.91 Å². The molecule has 1 amide bonds. The second kappa shape index (κ2) is 8.52. The van der Waals surface area contributed by atoms with Gasteiger partial charge in [0.05, 0.1) is 0 Å². The van der Waals surface area contributed by atoms with Crippen molar-refractivity contribution in [2.75, 3.05) is 0 Å². The first-order valence-corrected chi connectivity index (χ1v) is 8.50. The largest absolute Gasteiger partial charge is 0.336 e. The third-order valence-electron chi connectivity index (χ3n) is 4.49. The normalized spacial score (nSPS) is 13.3. The zero-order chi connectivity index (χ0) is 16.7. The van der Waals surface area contributed by atoms with Crippen LogP contribution in [0.1, 0.15) is 50.7 Å². The molecule has 0 radical (unpaired) electrons. The standard InChI is InChI=1S/C21H27NO/c1-4-18(3)22(16-19-11-7-5-8-12-19)21(23)15-17(2)20-13-9-6-10-14-20/h5-14,17-18H,4,15-16H2,1-3H3. The van der Waals surface area contributed by atoms with Crippen molar-refractivity contribution in [3.8, 4) is 0 Å². The average Bonchev–Trinajstić information content (AvgIpc) is 2.60. The van der Waals surface area contributed by atoms with Crippen molar-refractivity contribution in [1.29, 1.82) is 0 Å². The Morgan fingerprint density at radius 2 is 1.52 bits per heavy atom. The summed E-state index contributed by atoms with van der Waals surface area (Å²) in [4.78, 5) is 14.9. The van der Waals surface area contributed by atoms with E-state index in [4.69, 9.17) is 0 Å². The van der Waals surface area contributed by atoms with E-state index in [1.54, 1.807) is 0 Å². The molecule has 0 saturated carbocycles. The van der Waals surface area contributed by atoms with E-state index in [1.165, 1.54) is 11.1 Å². The molecule has 0 spiro atoms. The van der Waals surface area contributed by atoms with Gasteiger partial charge in [-0.3, -0.25) is 4.79 Å². The Bertz CT molecular complexity index is 594. The number of nitrogens with zero attached hydrogens (tertiary/aromatic N) is 1. The zero-order valence-corrected chi connectivity index (χ0v) is 14.4. The van der Waals surface area contributed by atoms with Gasteiger partial charge in [-0.1, -0.05) is 74.5 Å². The number of carbonyl (C=O) groups excluding carboxylic acids is 1. The fourth-order valence-electron chi connectivity index (χ4n) is 2.77. The number of amides is 1. The number of benzene rings is 2. The van der Waals surface area contributed by atoms with Crippen molar-refractivity contribution >= 4 is 5.91 Å². The summed E-state index contributed by atoms with van der Waals surface area (Å²) in [6, 6.07) is 20.8. The summed E-state index contributed by atoms with van der Waals surface area (Å²) in [5.41, 5.74) is 2.41. The molecule has 0 bridgehead atoms. The van der Waals surface area contributed by atoms with Crippen molar-refractivity contribution in [2.24, 2.45) is 0 Å². The Balaban J connectivity index is 2.07. The number of hydrogen-bond donors (Lipinski definition) is 0. The van der Waals surface area contributed by atoms with E-state index in [2.05, 4.69) is 45.0 Å². The van der Waals surface area contributed by atoms with Gasteiger partial charge in [0, 0.05) is 19.0 Å². The number of rotatable bonds is 7. The van der Waals surface area contributed by atoms with Crippen LogP contribution in [0, 0.1) is 0 Å². The van der Waals surface area contributed by atoms with Crippen LogP contribution in [0.3, 0.4) is 0 Å².